The molecule has 0 aromatic rings. The van der Waals surface area contributed by atoms with Gasteiger partial charge in [-0.2, -0.15) is 0 Å². The minimum absolute atomic E-state index is 0.0417. The number of hydrogen-bond donors (Lipinski definition) is 3. The maximum Gasteiger partial charge on any atom is 0.00944 e. The van der Waals surface area contributed by atoms with Crippen LogP contribution in [0.5, 0.6) is 0 Å². The molecule has 3 heteroatoms. The fourth-order valence-corrected chi connectivity index (χ4v) is 0. The van der Waals surface area contributed by atoms with Gasteiger partial charge in [0.05, 0.1) is 0 Å². The maximum absolute atomic E-state index is 5.53. The quantitative estimate of drug-likeness (QED) is 0.334. The van der Waals surface area contributed by atoms with Crippen LogP contribution in [0, 0.1) is 0 Å². The van der Waals surface area contributed by atoms with E-state index in [4.69, 9.17) is 5.73 Å². The van der Waals surface area contributed by atoms with Crippen LogP contribution in [-0.2, 0) is 0 Å². The summed E-state index contributed by atoms with van der Waals surface area (Å²) in [5.41, 5.74) is 5.58. The van der Waals surface area contributed by atoms with Crippen molar-refractivity contribution >= 4 is 0 Å². The second-order valence-corrected chi connectivity index (χ2v) is 2.34. The van der Waals surface area contributed by atoms with Gasteiger partial charge in [-0.1, -0.05) is 6.92 Å². The summed E-state index contributed by atoms with van der Waals surface area (Å²) < 4.78 is 0. The SMILES string of the molecule is CCC(C)(C)N.NN. The van der Waals surface area contributed by atoms with E-state index in [-0.39, 0.29) is 5.54 Å². The molecule has 0 unspecified atom stereocenters. The molecule has 0 aromatic carbocycles. The van der Waals surface area contributed by atoms with Gasteiger partial charge in [0, 0.05) is 5.54 Å². The second-order valence-electron chi connectivity index (χ2n) is 2.34. The van der Waals surface area contributed by atoms with Crippen molar-refractivity contribution in [2.75, 3.05) is 0 Å². The van der Waals surface area contributed by atoms with Crippen molar-refractivity contribution in [2.24, 2.45) is 17.4 Å². The van der Waals surface area contributed by atoms with Gasteiger partial charge in [0.15, 0.2) is 0 Å². The number of hydrazine groups is 1. The highest BCUT2D eigenvalue weighted by molar-refractivity contribution is 4.66. The fourth-order valence-electron chi connectivity index (χ4n) is 0. The summed E-state index contributed by atoms with van der Waals surface area (Å²) in [5, 5.41) is 0. The third kappa shape index (κ3) is 16.9. The molecule has 3 nitrogen and oxygen atoms in total. The highest BCUT2D eigenvalue weighted by atomic mass is 15.0. The third-order valence-electron chi connectivity index (χ3n) is 0.911. The van der Waals surface area contributed by atoms with E-state index in [1.54, 1.807) is 0 Å². The Kier molecular flexibility index (Phi) is 6.78. The Morgan fingerprint density at radius 2 is 1.38 bits per heavy atom. The van der Waals surface area contributed by atoms with Crippen molar-refractivity contribution in [3.05, 3.63) is 0 Å². The number of rotatable bonds is 1. The molecule has 8 heavy (non-hydrogen) atoms. The van der Waals surface area contributed by atoms with E-state index < -0.39 is 0 Å². The van der Waals surface area contributed by atoms with Gasteiger partial charge in [-0.05, 0) is 20.3 Å². The molecule has 0 heterocycles. The van der Waals surface area contributed by atoms with Crippen LogP contribution in [0.2, 0.25) is 0 Å². The standard InChI is InChI=1S/C5H13N.H4N2/c1-4-5(2,3)6;1-2/h4,6H2,1-3H3;1-2H2. The van der Waals surface area contributed by atoms with Crippen molar-refractivity contribution in [1.82, 2.24) is 0 Å². The highest BCUT2D eigenvalue weighted by Crippen LogP contribution is 1.99. The summed E-state index contributed by atoms with van der Waals surface area (Å²) in [5.74, 6) is 8.00. The highest BCUT2D eigenvalue weighted by Gasteiger charge is 2.03. The van der Waals surface area contributed by atoms with E-state index in [9.17, 15) is 0 Å². The van der Waals surface area contributed by atoms with E-state index in [2.05, 4.69) is 18.6 Å². The molecule has 0 rings (SSSR count). The Hall–Kier alpha value is -0.120. The number of hydrogen-bond acceptors (Lipinski definition) is 3. The Morgan fingerprint density at radius 1 is 1.25 bits per heavy atom. The van der Waals surface area contributed by atoms with Gasteiger partial charge in [0.2, 0.25) is 0 Å². The first-order chi connectivity index (χ1) is 3.56. The van der Waals surface area contributed by atoms with Crippen molar-refractivity contribution in [3.8, 4) is 0 Å². The summed E-state index contributed by atoms with van der Waals surface area (Å²) in [6, 6.07) is 0. The number of nitrogens with two attached hydrogens (primary N) is 3. The molecular formula is C5H17N3. The topological polar surface area (TPSA) is 78.1 Å². The minimum Gasteiger partial charge on any atom is -0.326 e. The Morgan fingerprint density at radius 3 is 1.38 bits per heavy atom. The summed E-state index contributed by atoms with van der Waals surface area (Å²) in [4.78, 5) is 0. The largest absolute Gasteiger partial charge is 0.326 e. The monoisotopic (exact) mass is 119 g/mol. The molecule has 0 aromatic heterocycles. The van der Waals surface area contributed by atoms with Crippen LogP contribution < -0.4 is 17.4 Å². The van der Waals surface area contributed by atoms with Crippen LogP contribution in [0.1, 0.15) is 27.2 Å². The molecule has 0 amide bonds. The predicted molar refractivity (Wildman–Crippen MR) is 36.9 cm³/mol. The average molecular weight is 119 g/mol. The zero-order valence-electron chi connectivity index (χ0n) is 5.94. The molecule has 0 saturated heterocycles. The summed E-state index contributed by atoms with van der Waals surface area (Å²) >= 11 is 0. The lowest BCUT2D eigenvalue weighted by molar-refractivity contribution is 0.501. The average Bonchev–Trinajstić information content (AvgIpc) is 1.71. The molecule has 0 aliphatic carbocycles. The van der Waals surface area contributed by atoms with Crippen molar-refractivity contribution in [1.29, 1.82) is 0 Å². The Bertz CT molecular complexity index is 37.4. The third-order valence-corrected chi connectivity index (χ3v) is 0.911. The normalized spacial score (nSPS) is 9.75. The van der Waals surface area contributed by atoms with Crippen LogP contribution in [0.25, 0.3) is 0 Å². The van der Waals surface area contributed by atoms with E-state index >= 15 is 0 Å². The Balaban J connectivity index is 0. The zero-order valence-corrected chi connectivity index (χ0v) is 5.94. The lowest BCUT2D eigenvalue weighted by atomic mass is 10.1. The maximum atomic E-state index is 5.53. The van der Waals surface area contributed by atoms with Crippen LogP contribution in [0.15, 0.2) is 0 Å². The van der Waals surface area contributed by atoms with Gasteiger partial charge in [0.1, 0.15) is 0 Å². The second kappa shape index (κ2) is 5.03. The van der Waals surface area contributed by atoms with Gasteiger partial charge in [-0.25, -0.2) is 0 Å². The van der Waals surface area contributed by atoms with E-state index in [1.807, 2.05) is 13.8 Å². The Labute approximate surface area is 51.2 Å². The first-order valence-electron chi connectivity index (χ1n) is 2.68. The van der Waals surface area contributed by atoms with Gasteiger partial charge in [0.25, 0.3) is 0 Å². The molecule has 0 aliphatic rings. The van der Waals surface area contributed by atoms with Gasteiger partial charge < -0.3 is 5.73 Å². The predicted octanol–water partition coefficient (Wildman–Crippen LogP) is -0.0475. The van der Waals surface area contributed by atoms with Crippen LogP contribution in [0.4, 0.5) is 0 Å². The van der Waals surface area contributed by atoms with Gasteiger partial charge >= 0.3 is 0 Å². The molecule has 0 atom stereocenters. The molecule has 0 aliphatic heterocycles. The smallest absolute Gasteiger partial charge is 0.00944 e. The van der Waals surface area contributed by atoms with Crippen molar-refractivity contribution < 1.29 is 0 Å². The van der Waals surface area contributed by atoms with Crippen LogP contribution in [0.3, 0.4) is 0 Å². The minimum atomic E-state index is 0.0417. The van der Waals surface area contributed by atoms with E-state index in [0.29, 0.717) is 0 Å². The summed E-state index contributed by atoms with van der Waals surface area (Å²) in [6.45, 7) is 6.12. The van der Waals surface area contributed by atoms with E-state index in [1.165, 1.54) is 0 Å². The summed E-state index contributed by atoms with van der Waals surface area (Å²) in [7, 11) is 0. The zero-order chi connectivity index (χ0) is 7.21. The van der Waals surface area contributed by atoms with Crippen molar-refractivity contribution in [3.63, 3.8) is 0 Å². The first kappa shape index (κ1) is 10.8. The first-order valence-corrected chi connectivity index (χ1v) is 2.68. The molecule has 52 valence electrons. The van der Waals surface area contributed by atoms with Gasteiger partial charge in [-0.15, -0.1) is 0 Å². The van der Waals surface area contributed by atoms with Crippen LogP contribution >= 0.6 is 0 Å². The van der Waals surface area contributed by atoms with E-state index in [0.717, 1.165) is 6.42 Å². The summed E-state index contributed by atoms with van der Waals surface area (Å²) in [6.07, 6.45) is 1.05. The van der Waals surface area contributed by atoms with Crippen molar-refractivity contribution in [2.45, 2.75) is 32.7 Å². The molecule has 0 spiro atoms. The molecule has 0 radical (unpaired) electrons. The molecular weight excluding hydrogens is 102 g/mol. The van der Waals surface area contributed by atoms with Crippen LogP contribution in [-0.4, -0.2) is 5.54 Å². The fraction of sp³-hybridized carbons (Fsp3) is 1.00. The molecule has 6 N–H and O–H groups in total. The molecule has 0 saturated carbocycles. The van der Waals surface area contributed by atoms with Gasteiger partial charge in [-0.3, -0.25) is 11.7 Å². The molecule has 0 fully saturated rings. The lowest BCUT2D eigenvalue weighted by Gasteiger charge is -2.13. The lowest BCUT2D eigenvalue weighted by Crippen LogP contribution is -2.30. The molecule has 0 bridgehead atoms.